The predicted molar refractivity (Wildman–Crippen MR) is 60.5 cm³/mol. The molecule has 0 N–H and O–H groups in total. The van der Waals surface area contributed by atoms with E-state index in [1.165, 1.54) is 0 Å². The second-order valence-corrected chi connectivity index (χ2v) is 4.23. The van der Waals surface area contributed by atoms with Gasteiger partial charge in [-0.25, -0.2) is 0 Å². The fourth-order valence-corrected chi connectivity index (χ4v) is 1.30. The van der Waals surface area contributed by atoms with Gasteiger partial charge in [0, 0.05) is 16.5 Å². The Morgan fingerprint density at radius 2 is 2.00 bits per heavy atom. The summed E-state index contributed by atoms with van der Waals surface area (Å²) in [7, 11) is 0. The number of rotatable bonds is 1. The minimum atomic E-state index is 0.648. The van der Waals surface area contributed by atoms with E-state index < -0.39 is 0 Å². The van der Waals surface area contributed by atoms with Crippen LogP contribution in [0.3, 0.4) is 0 Å². The first-order valence-electron chi connectivity index (χ1n) is 4.43. The van der Waals surface area contributed by atoms with Gasteiger partial charge in [-0.15, -0.1) is 0 Å². The Morgan fingerprint density at radius 1 is 1.31 bits per heavy atom. The predicted octanol–water partition coefficient (Wildman–Crippen LogP) is 3.85. The fourth-order valence-electron chi connectivity index (χ4n) is 0.913. The van der Waals surface area contributed by atoms with Crippen LogP contribution in [0.15, 0.2) is 28.7 Å². The lowest BCUT2D eigenvalue weighted by Gasteiger charge is -1.95. The molecule has 0 amide bonds. The molecule has 0 fully saturated rings. The van der Waals surface area contributed by atoms with Crippen molar-refractivity contribution >= 4 is 15.9 Å². The highest BCUT2D eigenvalue weighted by atomic mass is 79.9. The van der Waals surface area contributed by atoms with E-state index >= 15 is 0 Å². The smallest absolute Gasteiger partial charge is 0.0387 e. The van der Waals surface area contributed by atoms with Gasteiger partial charge >= 0.3 is 0 Å². The third kappa shape index (κ3) is 3.65. The van der Waals surface area contributed by atoms with Gasteiger partial charge < -0.3 is 0 Å². The first kappa shape index (κ1) is 10.3. The maximum absolute atomic E-state index is 3.46. The van der Waals surface area contributed by atoms with Gasteiger partial charge in [-0.2, -0.15) is 0 Å². The van der Waals surface area contributed by atoms with E-state index in [0.717, 1.165) is 16.5 Å². The van der Waals surface area contributed by atoms with E-state index in [1.54, 1.807) is 0 Å². The molecule has 0 aromatic heterocycles. The first-order valence-corrected chi connectivity index (χ1v) is 5.23. The van der Waals surface area contributed by atoms with Crippen LogP contribution in [-0.4, -0.2) is 0 Å². The van der Waals surface area contributed by atoms with E-state index in [-0.39, 0.29) is 0 Å². The molecule has 1 aromatic rings. The lowest BCUT2D eigenvalue weighted by molar-refractivity contribution is 0.676. The van der Waals surface area contributed by atoms with Crippen LogP contribution in [-0.2, 0) is 0 Å². The van der Waals surface area contributed by atoms with E-state index in [9.17, 15) is 0 Å². The Hall–Kier alpha value is -0.740. The number of halogens is 1. The van der Waals surface area contributed by atoms with Gasteiger partial charge in [0.1, 0.15) is 0 Å². The van der Waals surface area contributed by atoms with Crippen LogP contribution in [0.25, 0.3) is 0 Å². The lowest BCUT2D eigenvalue weighted by atomic mass is 10.1. The van der Waals surface area contributed by atoms with Crippen LogP contribution in [0.2, 0.25) is 0 Å². The third-order valence-corrected chi connectivity index (χ3v) is 2.30. The summed E-state index contributed by atoms with van der Waals surface area (Å²) in [5, 5.41) is 0. The van der Waals surface area contributed by atoms with Crippen LogP contribution in [0.5, 0.6) is 0 Å². The summed E-state index contributed by atoms with van der Waals surface area (Å²) in [6, 6.07) is 8.04. The molecule has 0 saturated heterocycles. The van der Waals surface area contributed by atoms with Crippen molar-refractivity contribution < 1.29 is 0 Å². The molecule has 1 rings (SSSR count). The molecular formula is C12H13Br. The van der Waals surface area contributed by atoms with Crippen molar-refractivity contribution in [3.05, 3.63) is 34.3 Å². The van der Waals surface area contributed by atoms with Crippen LogP contribution in [0.4, 0.5) is 0 Å². The summed E-state index contributed by atoms with van der Waals surface area (Å²) in [6.07, 6.45) is 0.960. The standard InChI is InChI=1S/C12H13Br/c1-10(2)6-5-8-11-7-3-4-9-12(11)13/h3-4,7,9-10H,6H2,1-2H3. The summed E-state index contributed by atoms with van der Waals surface area (Å²) < 4.78 is 1.08. The number of hydrogen-bond acceptors (Lipinski definition) is 0. The van der Waals surface area contributed by atoms with Crippen molar-refractivity contribution in [3.63, 3.8) is 0 Å². The summed E-state index contributed by atoms with van der Waals surface area (Å²) in [6.45, 7) is 4.35. The second kappa shape index (κ2) is 5.09. The van der Waals surface area contributed by atoms with E-state index in [1.807, 2.05) is 24.3 Å². The van der Waals surface area contributed by atoms with Crippen molar-refractivity contribution in [1.82, 2.24) is 0 Å². The molecule has 0 spiro atoms. The van der Waals surface area contributed by atoms with E-state index in [4.69, 9.17) is 0 Å². The van der Waals surface area contributed by atoms with Gasteiger partial charge in [-0.05, 0) is 34.0 Å². The van der Waals surface area contributed by atoms with Crippen LogP contribution < -0.4 is 0 Å². The molecule has 0 aliphatic carbocycles. The molecule has 0 unspecified atom stereocenters. The molecule has 0 atom stereocenters. The topological polar surface area (TPSA) is 0 Å². The lowest BCUT2D eigenvalue weighted by Crippen LogP contribution is -1.82. The van der Waals surface area contributed by atoms with Crippen molar-refractivity contribution in [3.8, 4) is 11.8 Å². The zero-order valence-corrected chi connectivity index (χ0v) is 9.56. The van der Waals surface area contributed by atoms with Crippen LogP contribution >= 0.6 is 15.9 Å². The molecular weight excluding hydrogens is 224 g/mol. The highest BCUT2D eigenvalue weighted by molar-refractivity contribution is 9.10. The van der Waals surface area contributed by atoms with Gasteiger partial charge in [-0.1, -0.05) is 37.8 Å². The monoisotopic (exact) mass is 236 g/mol. The Bertz CT molecular complexity index is 328. The fraction of sp³-hybridized carbons (Fsp3) is 0.333. The summed E-state index contributed by atoms with van der Waals surface area (Å²) in [5.41, 5.74) is 1.07. The average Bonchev–Trinajstić information content (AvgIpc) is 2.08. The van der Waals surface area contributed by atoms with Gasteiger partial charge in [0.15, 0.2) is 0 Å². The van der Waals surface area contributed by atoms with Gasteiger partial charge in [0.2, 0.25) is 0 Å². The Balaban J connectivity index is 2.72. The quantitative estimate of drug-likeness (QED) is 0.651. The highest BCUT2D eigenvalue weighted by Crippen LogP contribution is 2.14. The SMILES string of the molecule is CC(C)CC#Cc1ccccc1Br. The van der Waals surface area contributed by atoms with Crippen LogP contribution in [0, 0.1) is 17.8 Å². The third-order valence-electron chi connectivity index (χ3n) is 1.61. The van der Waals surface area contributed by atoms with Crippen molar-refractivity contribution in [2.45, 2.75) is 20.3 Å². The summed E-state index contributed by atoms with van der Waals surface area (Å²) in [5.74, 6) is 6.96. The minimum Gasteiger partial charge on any atom is -0.0976 e. The molecule has 13 heavy (non-hydrogen) atoms. The molecule has 68 valence electrons. The Morgan fingerprint density at radius 3 is 2.62 bits per heavy atom. The zero-order chi connectivity index (χ0) is 9.68. The normalized spacial score (nSPS) is 9.54. The van der Waals surface area contributed by atoms with Crippen LogP contribution in [0.1, 0.15) is 25.8 Å². The first-order chi connectivity index (χ1) is 6.20. The molecule has 1 heteroatoms. The van der Waals surface area contributed by atoms with Crippen molar-refractivity contribution in [2.75, 3.05) is 0 Å². The molecule has 1 aromatic carbocycles. The van der Waals surface area contributed by atoms with E-state index in [0.29, 0.717) is 5.92 Å². The van der Waals surface area contributed by atoms with Gasteiger partial charge in [0.05, 0.1) is 0 Å². The van der Waals surface area contributed by atoms with Gasteiger partial charge in [-0.3, -0.25) is 0 Å². The minimum absolute atomic E-state index is 0.648. The van der Waals surface area contributed by atoms with E-state index in [2.05, 4.69) is 41.6 Å². The maximum atomic E-state index is 3.46. The Kier molecular flexibility index (Phi) is 4.05. The molecule has 0 bridgehead atoms. The summed E-state index contributed by atoms with van der Waals surface area (Å²) in [4.78, 5) is 0. The average molecular weight is 237 g/mol. The molecule has 0 aliphatic heterocycles. The molecule has 0 radical (unpaired) electrons. The Labute approximate surface area is 88.5 Å². The number of hydrogen-bond donors (Lipinski definition) is 0. The largest absolute Gasteiger partial charge is 0.0976 e. The molecule has 0 heterocycles. The zero-order valence-electron chi connectivity index (χ0n) is 7.97. The van der Waals surface area contributed by atoms with Crippen molar-refractivity contribution in [2.24, 2.45) is 5.92 Å². The second-order valence-electron chi connectivity index (χ2n) is 3.38. The molecule has 0 aliphatic rings. The molecule has 0 nitrogen and oxygen atoms in total. The van der Waals surface area contributed by atoms with Crippen molar-refractivity contribution in [1.29, 1.82) is 0 Å². The van der Waals surface area contributed by atoms with Gasteiger partial charge in [0.25, 0.3) is 0 Å². The maximum Gasteiger partial charge on any atom is 0.0387 e. The molecule has 0 saturated carbocycles. The highest BCUT2D eigenvalue weighted by Gasteiger charge is 1.92. The number of benzene rings is 1. The summed E-state index contributed by atoms with van der Waals surface area (Å²) >= 11 is 3.46.